The van der Waals surface area contributed by atoms with Crippen LogP contribution in [0.4, 0.5) is 0 Å². The van der Waals surface area contributed by atoms with Gasteiger partial charge in [-0.3, -0.25) is 0 Å². The van der Waals surface area contributed by atoms with Gasteiger partial charge in [-0.05, 0) is 47.1 Å². The topological polar surface area (TPSA) is 12.0 Å². The van der Waals surface area contributed by atoms with Crippen LogP contribution in [0.5, 0.6) is 0 Å². The summed E-state index contributed by atoms with van der Waals surface area (Å²) < 4.78 is 0. The summed E-state index contributed by atoms with van der Waals surface area (Å²) in [5, 5.41) is 3.44. The first-order chi connectivity index (χ1) is 5.92. The SMILES string of the molecule is C=C(C)CC=CCCNC(C)(C)C. The molecule has 0 unspecified atom stereocenters. The molecule has 0 spiro atoms. The zero-order valence-corrected chi connectivity index (χ0v) is 9.48. The van der Waals surface area contributed by atoms with Gasteiger partial charge in [0.15, 0.2) is 0 Å². The predicted molar refractivity (Wildman–Crippen MR) is 60.9 cm³/mol. The molecule has 76 valence electrons. The van der Waals surface area contributed by atoms with Crippen molar-refractivity contribution >= 4 is 0 Å². The lowest BCUT2D eigenvalue weighted by atomic mass is 10.1. The Labute approximate surface area is 82.9 Å². The van der Waals surface area contributed by atoms with E-state index in [1.54, 1.807) is 0 Å². The summed E-state index contributed by atoms with van der Waals surface area (Å²) in [4.78, 5) is 0. The molecule has 0 amide bonds. The van der Waals surface area contributed by atoms with E-state index >= 15 is 0 Å². The fraction of sp³-hybridized carbons (Fsp3) is 0.667. The molecule has 0 saturated heterocycles. The van der Waals surface area contributed by atoms with E-state index in [1.165, 1.54) is 5.57 Å². The molecule has 0 aliphatic heterocycles. The van der Waals surface area contributed by atoms with Gasteiger partial charge < -0.3 is 5.32 Å². The number of hydrogen-bond acceptors (Lipinski definition) is 1. The van der Waals surface area contributed by atoms with Gasteiger partial charge in [0.25, 0.3) is 0 Å². The van der Waals surface area contributed by atoms with Crippen molar-refractivity contribution in [3.8, 4) is 0 Å². The molecule has 0 radical (unpaired) electrons. The minimum atomic E-state index is 0.238. The molecule has 0 saturated carbocycles. The highest BCUT2D eigenvalue weighted by atomic mass is 14.9. The molecule has 1 heteroatoms. The van der Waals surface area contributed by atoms with Gasteiger partial charge in [-0.25, -0.2) is 0 Å². The molecule has 0 bridgehead atoms. The quantitative estimate of drug-likeness (QED) is 0.507. The third-order valence-corrected chi connectivity index (χ3v) is 1.60. The van der Waals surface area contributed by atoms with Crippen molar-refractivity contribution in [3.63, 3.8) is 0 Å². The summed E-state index contributed by atoms with van der Waals surface area (Å²) in [6, 6.07) is 0. The summed E-state index contributed by atoms with van der Waals surface area (Å²) in [5.41, 5.74) is 1.46. The molecule has 0 aromatic heterocycles. The summed E-state index contributed by atoms with van der Waals surface area (Å²) in [5.74, 6) is 0. The van der Waals surface area contributed by atoms with Gasteiger partial charge in [0, 0.05) is 5.54 Å². The van der Waals surface area contributed by atoms with Crippen molar-refractivity contribution in [2.24, 2.45) is 0 Å². The van der Waals surface area contributed by atoms with Crippen molar-refractivity contribution in [3.05, 3.63) is 24.3 Å². The van der Waals surface area contributed by atoms with Crippen molar-refractivity contribution < 1.29 is 0 Å². The van der Waals surface area contributed by atoms with E-state index in [-0.39, 0.29) is 5.54 Å². The van der Waals surface area contributed by atoms with Crippen LogP contribution in [0.3, 0.4) is 0 Å². The van der Waals surface area contributed by atoms with Crippen molar-refractivity contribution in [1.82, 2.24) is 5.32 Å². The van der Waals surface area contributed by atoms with Crippen LogP contribution >= 0.6 is 0 Å². The first-order valence-electron chi connectivity index (χ1n) is 4.96. The molecule has 0 fully saturated rings. The van der Waals surface area contributed by atoms with Crippen molar-refractivity contribution in [2.75, 3.05) is 6.54 Å². The van der Waals surface area contributed by atoms with Crippen LogP contribution in [0.2, 0.25) is 0 Å². The van der Waals surface area contributed by atoms with Crippen molar-refractivity contribution in [1.29, 1.82) is 0 Å². The summed E-state index contributed by atoms with van der Waals surface area (Å²) >= 11 is 0. The standard InChI is InChI=1S/C12H23N/c1-11(2)9-7-6-8-10-13-12(3,4)5/h6-7,13H,1,8-10H2,2-5H3. The van der Waals surface area contributed by atoms with Gasteiger partial charge in [0.1, 0.15) is 0 Å². The monoisotopic (exact) mass is 181 g/mol. The average molecular weight is 181 g/mol. The second-order valence-electron chi connectivity index (χ2n) is 4.60. The lowest BCUT2D eigenvalue weighted by Crippen LogP contribution is -2.36. The molecular weight excluding hydrogens is 158 g/mol. The zero-order valence-electron chi connectivity index (χ0n) is 9.48. The van der Waals surface area contributed by atoms with E-state index in [0.717, 1.165) is 19.4 Å². The minimum absolute atomic E-state index is 0.238. The maximum Gasteiger partial charge on any atom is 0.00966 e. The lowest BCUT2D eigenvalue weighted by molar-refractivity contribution is 0.431. The predicted octanol–water partition coefficient (Wildman–Crippen LogP) is 3.29. The van der Waals surface area contributed by atoms with Gasteiger partial charge >= 0.3 is 0 Å². The third-order valence-electron chi connectivity index (χ3n) is 1.60. The van der Waals surface area contributed by atoms with E-state index in [9.17, 15) is 0 Å². The van der Waals surface area contributed by atoms with Crippen molar-refractivity contribution in [2.45, 2.75) is 46.1 Å². The lowest BCUT2D eigenvalue weighted by Gasteiger charge is -2.19. The molecule has 1 nitrogen and oxygen atoms in total. The van der Waals surface area contributed by atoms with E-state index in [0.29, 0.717) is 0 Å². The van der Waals surface area contributed by atoms with E-state index in [1.807, 2.05) is 0 Å². The molecule has 0 rings (SSSR count). The molecule has 1 N–H and O–H groups in total. The van der Waals surface area contributed by atoms with E-state index in [2.05, 4.69) is 51.7 Å². The summed E-state index contributed by atoms with van der Waals surface area (Å²) in [6.07, 6.45) is 6.51. The fourth-order valence-electron chi connectivity index (χ4n) is 0.933. The maximum absolute atomic E-state index is 3.85. The van der Waals surface area contributed by atoms with Crippen LogP contribution < -0.4 is 5.32 Å². The Morgan fingerprint density at radius 2 is 1.92 bits per heavy atom. The second-order valence-corrected chi connectivity index (χ2v) is 4.60. The van der Waals surface area contributed by atoms with Crippen LogP contribution in [0, 0.1) is 0 Å². The van der Waals surface area contributed by atoms with Gasteiger partial charge in [-0.2, -0.15) is 0 Å². The molecule has 0 aromatic carbocycles. The third kappa shape index (κ3) is 11.4. The molecule has 0 aliphatic rings. The summed E-state index contributed by atoms with van der Waals surface area (Å²) in [6.45, 7) is 13.5. The Morgan fingerprint density at radius 3 is 2.38 bits per heavy atom. The van der Waals surface area contributed by atoms with Crippen LogP contribution in [-0.4, -0.2) is 12.1 Å². The Bertz CT molecular complexity index is 172. The number of nitrogens with one attached hydrogen (secondary N) is 1. The van der Waals surface area contributed by atoms with Gasteiger partial charge in [0.05, 0.1) is 0 Å². The smallest absolute Gasteiger partial charge is 0.00966 e. The molecule has 0 atom stereocenters. The normalized spacial score (nSPS) is 12.3. The first-order valence-corrected chi connectivity index (χ1v) is 4.96. The Kier molecular flexibility index (Phi) is 5.72. The zero-order chi connectivity index (χ0) is 10.3. The molecular formula is C12H23N. The van der Waals surface area contributed by atoms with Gasteiger partial charge in [0.2, 0.25) is 0 Å². The van der Waals surface area contributed by atoms with E-state index < -0.39 is 0 Å². The minimum Gasteiger partial charge on any atom is -0.312 e. The summed E-state index contributed by atoms with van der Waals surface area (Å²) in [7, 11) is 0. The van der Waals surface area contributed by atoms with Crippen LogP contribution in [0.1, 0.15) is 40.5 Å². The molecule has 13 heavy (non-hydrogen) atoms. The maximum atomic E-state index is 3.85. The highest BCUT2D eigenvalue weighted by molar-refractivity contribution is 4.98. The first kappa shape index (κ1) is 12.4. The van der Waals surface area contributed by atoms with Gasteiger partial charge in [-0.1, -0.05) is 24.3 Å². The fourth-order valence-corrected chi connectivity index (χ4v) is 0.933. The van der Waals surface area contributed by atoms with Crippen LogP contribution in [0.15, 0.2) is 24.3 Å². The highest BCUT2D eigenvalue weighted by Gasteiger charge is 2.05. The molecule has 0 heterocycles. The Hall–Kier alpha value is -0.560. The highest BCUT2D eigenvalue weighted by Crippen LogP contribution is 1.99. The number of allylic oxidation sites excluding steroid dienone is 2. The average Bonchev–Trinajstić information content (AvgIpc) is 1.93. The van der Waals surface area contributed by atoms with Gasteiger partial charge in [-0.15, -0.1) is 0 Å². The molecule has 0 aromatic rings. The Balaban J connectivity index is 3.36. The largest absolute Gasteiger partial charge is 0.312 e. The number of rotatable bonds is 5. The van der Waals surface area contributed by atoms with Crippen LogP contribution in [0.25, 0.3) is 0 Å². The van der Waals surface area contributed by atoms with E-state index in [4.69, 9.17) is 0 Å². The number of hydrogen-bond donors (Lipinski definition) is 1. The second kappa shape index (κ2) is 5.98. The van der Waals surface area contributed by atoms with Crippen LogP contribution in [-0.2, 0) is 0 Å². The molecule has 0 aliphatic carbocycles. The Morgan fingerprint density at radius 1 is 1.31 bits per heavy atom.